The highest BCUT2D eigenvalue weighted by Gasteiger charge is 2.50. The number of carboxylic acid groups (broad SMARTS) is 1. The highest BCUT2D eigenvalue weighted by Crippen LogP contribution is 2.50. The molecule has 0 aromatic rings. The maximum Gasteiger partial charge on any atom is 0.323 e. The molecule has 0 spiro atoms. The van der Waals surface area contributed by atoms with Gasteiger partial charge in [0, 0.05) is 6.54 Å². The SMILES string of the molecule is COC(=O)CC1(CS(=O)(=O)C(CN)C(=O)O)CC1. The molecule has 104 valence electrons. The van der Waals surface area contributed by atoms with Gasteiger partial charge in [0.25, 0.3) is 0 Å². The number of hydrogen-bond acceptors (Lipinski definition) is 6. The molecule has 18 heavy (non-hydrogen) atoms. The third-order valence-corrected chi connectivity index (χ3v) is 5.41. The Labute approximate surface area is 105 Å². The van der Waals surface area contributed by atoms with Crippen LogP contribution in [0.15, 0.2) is 0 Å². The van der Waals surface area contributed by atoms with E-state index in [1.54, 1.807) is 0 Å². The number of carbonyl (C=O) groups is 2. The van der Waals surface area contributed by atoms with Gasteiger partial charge in [-0.15, -0.1) is 0 Å². The topological polar surface area (TPSA) is 124 Å². The van der Waals surface area contributed by atoms with E-state index in [0.717, 1.165) is 0 Å². The van der Waals surface area contributed by atoms with Crippen molar-refractivity contribution < 1.29 is 27.9 Å². The highest BCUT2D eigenvalue weighted by atomic mass is 32.2. The van der Waals surface area contributed by atoms with Crippen molar-refractivity contribution in [2.24, 2.45) is 11.1 Å². The van der Waals surface area contributed by atoms with Crippen LogP contribution in [0.1, 0.15) is 19.3 Å². The fraction of sp³-hybridized carbons (Fsp3) is 0.800. The first kappa shape index (κ1) is 14.9. The molecular formula is C10H17NO6S. The number of carboxylic acids is 1. The first-order valence-electron chi connectivity index (χ1n) is 5.47. The first-order valence-corrected chi connectivity index (χ1v) is 7.19. The lowest BCUT2D eigenvalue weighted by Crippen LogP contribution is -2.40. The van der Waals surface area contributed by atoms with Crippen LogP contribution in [-0.4, -0.2) is 50.1 Å². The lowest BCUT2D eigenvalue weighted by molar-refractivity contribution is -0.141. The maximum absolute atomic E-state index is 11.9. The van der Waals surface area contributed by atoms with Crippen LogP contribution in [0.4, 0.5) is 0 Å². The normalized spacial score (nSPS) is 19.0. The van der Waals surface area contributed by atoms with E-state index >= 15 is 0 Å². The van der Waals surface area contributed by atoms with Crippen LogP contribution >= 0.6 is 0 Å². The molecular weight excluding hydrogens is 262 g/mol. The molecule has 0 radical (unpaired) electrons. The third kappa shape index (κ3) is 3.42. The van der Waals surface area contributed by atoms with Gasteiger partial charge in [0.2, 0.25) is 0 Å². The van der Waals surface area contributed by atoms with Crippen LogP contribution in [0.3, 0.4) is 0 Å². The molecule has 1 unspecified atom stereocenters. The van der Waals surface area contributed by atoms with Gasteiger partial charge in [-0.25, -0.2) is 8.42 Å². The van der Waals surface area contributed by atoms with Crippen LogP contribution < -0.4 is 5.73 Å². The molecule has 1 fully saturated rings. The predicted molar refractivity (Wildman–Crippen MR) is 62.6 cm³/mol. The molecule has 1 rings (SSSR count). The molecule has 1 aliphatic carbocycles. The van der Waals surface area contributed by atoms with Gasteiger partial charge in [0.15, 0.2) is 15.1 Å². The summed E-state index contributed by atoms with van der Waals surface area (Å²) >= 11 is 0. The lowest BCUT2D eigenvalue weighted by Gasteiger charge is -2.17. The second-order valence-corrected chi connectivity index (χ2v) is 6.81. The molecule has 0 aromatic heterocycles. The number of esters is 1. The molecule has 0 saturated heterocycles. The van der Waals surface area contributed by atoms with Crippen molar-refractivity contribution in [3.05, 3.63) is 0 Å². The quantitative estimate of drug-likeness (QED) is 0.582. The van der Waals surface area contributed by atoms with E-state index in [0.29, 0.717) is 12.8 Å². The summed E-state index contributed by atoms with van der Waals surface area (Å²) in [4.78, 5) is 22.0. The Bertz CT molecular complexity index is 439. The van der Waals surface area contributed by atoms with E-state index in [-0.39, 0.29) is 12.2 Å². The predicted octanol–water partition coefficient (Wildman–Crippen LogP) is -0.844. The summed E-state index contributed by atoms with van der Waals surface area (Å²) in [5, 5.41) is 7.20. The number of carbonyl (C=O) groups excluding carboxylic acids is 1. The van der Waals surface area contributed by atoms with Gasteiger partial charge >= 0.3 is 11.9 Å². The van der Waals surface area contributed by atoms with Crippen LogP contribution in [0, 0.1) is 5.41 Å². The van der Waals surface area contributed by atoms with E-state index in [1.165, 1.54) is 7.11 Å². The van der Waals surface area contributed by atoms with Gasteiger partial charge in [0.05, 0.1) is 19.3 Å². The number of rotatable bonds is 7. The monoisotopic (exact) mass is 279 g/mol. The largest absolute Gasteiger partial charge is 0.480 e. The Kier molecular flexibility index (Phi) is 4.33. The van der Waals surface area contributed by atoms with Crippen molar-refractivity contribution in [1.29, 1.82) is 0 Å². The van der Waals surface area contributed by atoms with E-state index < -0.39 is 39.0 Å². The summed E-state index contributed by atoms with van der Waals surface area (Å²) in [6, 6.07) is 0. The van der Waals surface area contributed by atoms with E-state index in [2.05, 4.69) is 4.74 Å². The Morgan fingerprint density at radius 1 is 1.44 bits per heavy atom. The second-order valence-electron chi connectivity index (χ2n) is 4.62. The van der Waals surface area contributed by atoms with Gasteiger partial charge in [-0.3, -0.25) is 9.59 Å². The molecule has 0 heterocycles. The zero-order valence-corrected chi connectivity index (χ0v) is 10.9. The smallest absolute Gasteiger partial charge is 0.323 e. The zero-order valence-electron chi connectivity index (χ0n) is 10.1. The standard InChI is InChI=1S/C10H17NO6S/c1-17-8(12)4-10(2-3-10)6-18(15,16)7(5-11)9(13)14/h7H,2-6,11H2,1H3,(H,13,14). The number of aliphatic carboxylic acids is 1. The summed E-state index contributed by atoms with van der Waals surface area (Å²) in [7, 11) is -2.62. The van der Waals surface area contributed by atoms with Crippen molar-refractivity contribution in [1.82, 2.24) is 0 Å². The molecule has 1 saturated carbocycles. The van der Waals surface area contributed by atoms with Crippen molar-refractivity contribution in [2.75, 3.05) is 19.4 Å². The van der Waals surface area contributed by atoms with Gasteiger partial charge in [-0.1, -0.05) is 0 Å². The fourth-order valence-electron chi connectivity index (χ4n) is 1.86. The third-order valence-electron chi connectivity index (χ3n) is 3.13. The zero-order chi connectivity index (χ0) is 14.0. The number of nitrogens with two attached hydrogens (primary N) is 1. The molecule has 8 heteroatoms. The molecule has 7 nitrogen and oxygen atoms in total. The van der Waals surface area contributed by atoms with Gasteiger partial charge < -0.3 is 15.6 Å². The Morgan fingerprint density at radius 3 is 2.33 bits per heavy atom. The van der Waals surface area contributed by atoms with E-state index in [9.17, 15) is 18.0 Å². The lowest BCUT2D eigenvalue weighted by atomic mass is 10.1. The second kappa shape index (κ2) is 5.23. The molecule has 0 bridgehead atoms. The Balaban J connectivity index is 2.77. The fourth-order valence-corrected chi connectivity index (χ4v) is 3.90. The summed E-state index contributed by atoms with van der Waals surface area (Å²) in [6.07, 6.45) is 1.16. The van der Waals surface area contributed by atoms with Crippen LogP contribution in [-0.2, 0) is 24.2 Å². The first-order chi connectivity index (χ1) is 8.26. The summed E-state index contributed by atoms with van der Waals surface area (Å²) in [5.41, 5.74) is 4.52. The van der Waals surface area contributed by atoms with Gasteiger partial charge in [-0.2, -0.15) is 0 Å². The minimum absolute atomic E-state index is 0.000357. The summed E-state index contributed by atoms with van der Waals surface area (Å²) < 4.78 is 28.3. The van der Waals surface area contributed by atoms with Gasteiger partial charge in [0.1, 0.15) is 0 Å². The molecule has 0 aromatic carbocycles. The van der Waals surface area contributed by atoms with Crippen molar-refractivity contribution in [3.63, 3.8) is 0 Å². The van der Waals surface area contributed by atoms with Crippen LogP contribution in [0.25, 0.3) is 0 Å². The highest BCUT2D eigenvalue weighted by molar-refractivity contribution is 7.92. The van der Waals surface area contributed by atoms with Crippen molar-refractivity contribution in [3.8, 4) is 0 Å². The minimum Gasteiger partial charge on any atom is -0.480 e. The molecule has 3 N–H and O–H groups in total. The molecule has 1 aliphatic rings. The summed E-state index contributed by atoms with van der Waals surface area (Å²) in [6.45, 7) is -0.466. The minimum atomic E-state index is -3.85. The number of ether oxygens (including phenoxy) is 1. The molecule has 1 atom stereocenters. The van der Waals surface area contributed by atoms with Crippen LogP contribution in [0.5, 0.6) is 0 Å². The Morgan fingerprint density at radius 2 is 2.00 bits per heavy atom. The average molecular weight is 279 g/mol. The van der Waals surface area contributed by atoms with E-state index in [1.807, 2.05) is 0 Å². The number of sulfone groups is 1. The molecule has 0 aliphatic heterocycles. The summed E-state index contributed by atoms with van der Waals surface area (Å²) in [5.74, 6) is -2.27. The van der Waals surface area contributed by atoms with E-state index in [4.69, 9.17) is 10.8 Å². The Hall–Kier alpha value is -1.15. The average Bonchev–Trinajstić information content (AvgIpc) is 2.96. The number of hydrogen-bond donors (Lipinski definition) is 2. The van der Waals surface area contributed by atoms with Crippen LogP contribution in [0.2, 0.25) is 0 Å². The van der Waals surface area contributed by atoms with Gasteiger partial charge in [-0.05, 0) is 18.3 Å². The van der Waals surface area contributed by atoms with Crippen molar-refractivity contribution >= 4 is 21.8 Å². The number of methoxy groups -OCH3 is 1. The van der Waals surface area contributed by atoms with Crippen molar-refractivity contribution in [2.45, 2.75) is 24.5 Å². The molecule has 0 amide bonds. The maximum atomic E-state index is 11.9.